The number of aliphatic hydroxyl groups excluding tert-OH is 1. The Kier molecular flexibility index (Phi) is 4.66. The number of piperidine rings is 1. The maximum absolute atomic E-state index is 8.95. The van der Waals surface area contributed by atoms with E-state index in [9.17, 15) is 0 Å². The highest BCUT2D eigenvalue weighted by Crippen LogP contribution is 2.30. The van der Waals surface area contributed by atoms with Crippen molar-refractivity contribution < 1.29 is 5.11 Å². The van der Waals surface area contributed by atoms with Gasteiger partial charge in [0, 0.05) is 12.6 Å². The van der Waals surface area contributed by atoms with Crippen molar-refractivity contribution in [2.24, 2.45) is 11.8 Å². The predicted molar refractivity (Wildman–Crippen MR) is 67.4 cm³/mol. The fourth-order valence-corrected chi connectivity index (χ4v) is 3.40. The maximum Gasteiger partial charge on any atom is 0.0433 e. The van der Waals surface area contributed by atoms with Gasteiger partial charge in [0.25, 0.3) is 0 Å². The highest BCUT2D eigenvalue weighted by Gasteiger charge is 2.27. The van der Waals surface area contributed by atoms with Gasteiger partial charge < -0.3 is 10.0 Å². The molecule has 0 aromatic carbocycles. The van der Waals surface area contributed by atoms with Gasteiger partial charge in [0.15, 0.2) is 0 Å². The third kappa shape index (κ3) is 3.21. The summed E-state index contributed by atoms with van der Waals surface area (Å²) in [7, 11) is 0. The van der Waals surface area contributed by atoms with Crippen molar-refractivity contribution in [2.75, 3.05) is 19.7 Å². The fourth-order valence-electron chi connectivity index (χ4n) is 3.40. The Bertz CT molecular complexity index is 191. The summed E-state index contributed by atoms with van der Waals surface area (Å²) in [6.45, 7) is 5.34. The molecule has 0 aromatic rings. The van der Waals surface area contributed by atoms with Crippen LogP contribution in [0, 0.1) is 11.8 Å². The molecular weight excluding hydrogens is 198 g/mol. The molecule has 0 unspecified atom stereocenters. The largest absolute Gasteiger partial charge is 0.396 e. The van der Waals surface area contributed by atoms with Crippen molar-refractivity contribution in [2.45, 2.75) is 57.9 Å². The lowest BCUT2D eigenvalue weighted by Crippen LogP contribution is -2.43. The summed E-state index contributed by atoms with van der Waals surface area (Å²) in [5.41, 5.74) is 0. The number of hydrogen-bond acceptors (Lipinski definition) is 2. The van der Waals surface area contributed by atoms with Crippen LogP contribution in [-0.4, -0.2) is 35.7 Å². The molecule has 2 fully saturated rings. The van der Waals surface area contributed by atoms with Crippen molar-refractivity contribution in [3.63, 3.8) is 0 Å². The maximum atomic E-state index is 8.95. The lowest BCUT2D eigenvalue weighted by Gasteiger charge is -2.40. The summed E-state index contributed by atoms with van der Waals surface area (Å²) in [6, 6.07) is 0.881. The van der Waals surface area contributed by atoms with Gasteiger partial charge in [0.2, 0.25) is 0 Å². The second-order valence-electron chi connectivity index (χ2n) is 5.91. The number of likely N-dealkylation sites (tertiary alicyclic amines) is 1. The van der Waals surface area contributed by atoms with Crippen LogP contribution in [0.4, 0.5) is 0 Å². The van der Waals surface area contributed by atoms with E-state index in [2.05, 4.69) is 11.8 Å². The summed E-state index contributed by atoms with van der Waals surface area (Å²) >= 11 is 0. The molecular formula is C14H27NO. The molecule has 2 rings (SSSR count). The molecule has 2 aliphatic rings. The first kappa shape index (κ1) is 12.4. The first-order valence-corrected chi connectivity index (χ1v) is 7.14. The van der Waals surface area contributed by atoms with Crippen LogP contribution < -0.4 is 0 Å². The van der Waals surface area contributed by atoms with Gasteiger partial charge in [-0.05, 0) is 69.9 Å². The average Bonchev–Trinajstić information content (AvgIpc) is 2.32. The van der Waals surface area contributed by atoms with E-state index in [0.29, 0.717) is 6.61 Å². The van der Waals surface area contributed by atoms with Crippen LogP contribution in [0.15, 0.2) is 0 Å². The summed E-state index contributed by atoms with van der Waals surface area (Å²) in [6.07, 6.45) is 9.36. The van der Waals surface area contributed by atoms with Gasteiger partial charge in [-0.15, -0.1) is 0 Å². The summed E-state index contributed by atoms with van der Waals surface area (Å²) in [5, 5.41) is 8.95. The smallest absolute Gasteiger partial charge is 0.0433 e. The summed E-state index contributed by atoms with van der Waals surface area (Å²) < 4.78 is 0. The Morgan fingerprint density at radius 1 is 1.00 bits per heavy atom. The lowest BCUT2D eigenvalue weighted by atomic mass is 9.85. The third-order valence-corrected chi connectivity index (χ3v) is 4.69. The van der Waals surface area contributed by atoms with E-state index in [1.807, 2.05) is 0 Å². The average molecular weight is 225 g/mol. The third-order valence-electron chi connectivity index (χ3n) is 4.69. The zero-order valence-electron chi connectivity index (χ0n) is 10.7. The van der Waals surface area contributed by atoms with E-state index < -0.39 is 0 Å². The van der Waals surface area contributed by atoms with Crippen molar-refractivity contribution in [1.29, 1.82) is 0 Å². The van der Waals surface area contributed by atoms with Gasteiger partial charge >= 0.3 is 0 Å². The van der Waals surface area contributed by atoms with Crippen LogP contribution in [0.3, 0.4) is 0 Å². The lowest BCUT2D eigenvalue weighted by molar-refractivity contribution is 0.0889. The van der Waals surface area contributed by atoms with Crippen molar-refractivity contribution in [1.82, 2.24) is 4.90 Å². The van der Waals surface area contributed by atoms with Gasteiger partial charge in [-0.1, -0.05) is 6.92 Å². The fraction of sp³-hybridized carbons (Fsp3) is 1.00. The molecule has 0 amide bonds. The van der Waals surface area contributed by atoms with E-state index in [-0.39, 0.29) is 0 Å². The Hall–Kier alpha value is -0.0800. The highest BCUT2D eigenvalue weighted by molar-refractivity contribution is 4.82. The summed E-state index contributed by atoms with van der Waals surface area (Å²) in [5.74, 6) is 1.76. The number of aliphatic hydroxyl groups is 1. The second-order valence-corrected chi connectivity index (χ2v) is 5.91. The predicted octanol–water partition coefficient (Wildman–Crippen LogP) is 2.66. The first-order valence-electron chi connectivity index (χ1n) is 7.14. The SMILES string of the molecule is CC1CCC(N2CCC(CCO)CC2)CC1. The van der Waals surface area contributed by atoms with Crippen LogP contribution in [0.1, 0.15) is 51.9 Å². The molecule has 1 aliphatic carbocycles. The standard InChI is InChI=1S/C14H27NO/c1-12-2-4-14(5-3-12)15-9-6-13(7-10-15)8-11-16/h12-14,16H,2-11H2,1H3. The summed E-state index contributed by atoms with van der Waals surface area (Å²) in [4.78, 5) is 2.72. The second kappa shape index (κ2) is 6.02. The highest BCUT2D eigenvalue weighted by atomic mass is 16.3. The molecule has 1 aliphatic heterocycles. The minimum atomic E-state index is 0.381. The van der Waals surface area contributed by atoms with Gasteiger partial charge in [0.05, 0.1) is 0 Å². The molecule has 1 N–H and O–H groups in total. The molecule has 1 heterocycles. The van der Waals surface area contributed by atoms with Crippen LogP contribution in [-0.2, 0) is 0 Å². The van der Waals surface area contributed by atoms with E-state index in [1.165, 1.54) is 51.6 Å². The van der Waals surface area contributed by atoms with Crippen LogP contribution in [0.2, 0.25) is 0 Å². The zero-order valence-corrected chi connectivity index (χ0v) is 10.7. The minimum absolute atomic E-state index is 0.381. The Morgan fingerprint density at radius 3 is 2.19 bits per heavy atom. The zero-order chi connectivity index (χ0) is 11.4. The minimum Gasteiger partial charge on any atom is -0.396 e. The van der Waals surface area contributed by atoms with E-state index in [0.717, 1.165) is 24.3 Å². The molecule has 0 bridgehead atoms. The monoisotopic (exact) mass is 225 g/mol. The molecule has 16 heavy (non-hydrogen) atoms. The molecule has 94 valence electrons. The molecule has 0 radical (unpaired) electrons. The molecule has 1 saturated carbocycles. The van der Waals surface area contributed by atoms with Crippen LogP contribution >= 0.6 is 0 Å². The van der Waals surface area contributed by atoms with Crippen molar-refractivity contribution >= 4 is 0 Å². The van der Waals surface area contributed by atoms with E-state index in [1.54, 1.807) is 0 Å². The number of hydrogen-bond donors (Lipinski definition) is 1. The van der Waals surface area contributed by atoms with E-state index in [4.69, 9.17) is 5.11 Å². The first-order chi connectivity index (χ1) is 7.79. The normalized spacial score (nSPS) is 34.1. The number of nitrogens with zero attached hydrogens (tertiary/aromatic N) is 1. The molecule has 2 heteroatoms. The molecule has 0 atom stereocenters. The Balaban J connectivity index is 1.72. The van der Waals surface area contributed by atoms with Gasteiger partial charge in [0.1, 0.15) is 0 Å². The molecule has 1 saturated heterocycles. The Labute approximate surface area is 100 Å². The van der Waals surface area contributed by atoms with Gasteiger partial charge in [-0.25, -0.2) is 0 Å². The van der Waals surface area contributed by atoms with Gasteiger partial charge in [-0.3, -0.25) is 0 Å². The molecule has 0 spiro atoms. The van der Waals surface area contributed by atoms with Crippen LogP contribution in [0.25, 0.3) is 0 Å². The van der Waals surface area contributed by atoms with Gasteiger partial charge in [-0.2, -0.15) is 0 Å². The van der Waals surface area contributed by atoms with Crippen molar-refractivity contribution in [3.8, 4) is 0 Å². The number of rotatable bonds is 3. The quantitative estimate of drug-likeness (QED) is 0.798. The van der Waals surface area contributed by atoms with E-state index >= 15 is 0 Å². The Morgan fingerprint density at radius 2 is 1.62 bits per heavy atom. The van der Waals surface area contributed by atoms with Crippen LogP contribution in [0.5, 0.6) is 0 Å². The molecule has 0 aromatic heterocycles. The molecule has 2 nitrogen and oxygen atoms in total. The van der Waals surface area contributed by atoms with Crippen molar-refractivity contribution in [3.05, 3.63) is 0 Å². The topological polar surface area (TPSA) is 23.5 Å².